The van der Waals surface area contributed by atoms with Gasteiger partial charge in [-0.15, -0.1) is 11.8 Å². The lowest BCUT2D eigenvalue weighted by atomic mass is 9.83. The lowest BCUT2D eigenvalue weighted by Crippen LogP contribution is -2.47. The van der Waals surface area contributed by atoms with Crippen LogP contribution in [0.2, 0.25) is 0 Å². The molecule has 1 N–H and O–H groups in total. The zero-order chi connectivity index (χ0) is 28.0. The number of sulfonamides is 1. The number of thioether (sulfide) groups is 1. The Morgan fingerprint density at radius 1 is 1.03 bits per heavy atom. The minimum Gasteiger partial charge on any atom is -0.494 e. The molecule has 0 saturated heterocycles. The van der Waals surface area contributed by atoms with Crippen LogP contribution in [0.3, 0.4) is 0 Å². The van der Waals surface area contributed by atoms with E-state index < -0.39 is 21.5 Å². The number of fused-ring (bicyclic) bond motifs is 1. The largest absolute Gasteiger partial charge is 0.494 e. The van der Waals surface area contributed by atoms with Gasteiger partial charge in [-0.05, 0) is 80.6 Å². The molecule has 0 unspecified atom stereocenters. The molecule has 0 fully saturated rings. The molecule has 208 valence electrons. The molecule has 0 spiro atoms. The Balaban J connectivity index is 1.65. The Morgan fingerprint density at radius 3 is 2.31 bits per heavy atom. The van der Waals surface area contributed by atoms with Gasteiger partial charge in [-0.2, -0.15) is 0 Å². The Bertz CT molecular complexity index is 1370. The molecular formula is C30H36N2O5S2. The maximum atomic E-state index is 13.9. The van der Waals surface area contributed by atoms with Crippen molar-refractivity contribution >= 4 is 33.4 Å². The van der Waals surface area contributed by atoms with Gasteiger partial charge in [0.05, 0.1) is 23.2 Å². The highest BCUT2D eigenvalue weighted by molar-refractivity contribution is 7.98. The maximum Gasteiger partial charge on any atom is 0.264 e. The second kappa shape index (κ2) is 12.3. The minimum absolute atomic E-state index is 0.120. The molecule has 1 aliphatic heterocycles. The van der Waals surface area contributed by atoms with Crippen molar-refractivity contribution in [1.82, 2.24) is 5.32 Å². The van der Waals surface area contributed by atoms with Gasteiger partial charge in [-0.1, -0.05) is 32.0 Å². The third kappa shape index (κ3) is 6.36. The third-order valence-corrected chi connectivity index (χ3v) is 9.72. The van der Waals surface area contributed by atoms with Gasteiger partial charge in [0, 0.05) is 16.9 Å². The summed E-state index contributed by atoms with van der Waals surface area (Å²) < 4.78 is 40.8. The fourth-order valence-corrected chi connectivity index (χ4v) is 6.69. The van der Waals surface area contributed by atoms with Crippen LogP contribution < -0.4 is 19.1 Å². The van der Waals surface area contributed by atoms with E-state index in [9.17, 15) is 13.2 Å². The second-order valence-electron chi connectivity index (χ2n) is 9.47. The first kappa shape index (κ1) is 28.8. The van der Waals surface area contributed by atoms with Crippen molar-refractivity contribution in [3.8, 4) is 11.5 Å². The molecule has 1 atom stereocenters. The van der Waals surface area contributed by atoms with Gasteiger partial charge in [0.25, 0.3) is 10.0 Å². The first-order valence-corrected chi connectivity index (χ1v) is 15.9. The first-order valence-electron chi connectivity index (χ1n) is 13.2. The summed E-state index contributed by atoms with van der Waals surface area (Å²) in [5.74, 6) is 0.986. The highest BCUT2D eigenvalue weighted by Crippen LogP contribution is 2.42. The van der Waals surface area contributed by atoms with Gasteiger partial charge >= 0.3 is 0 Å². The zero-order valence-electron chi connectivity index (χ0n) is 22.8. The molecule has 4 rings (SSSR count). The van der Waals surface area contributed by atoms with Crippen molar-refractivity contribution in [2.24, 2.45) is 0 Å². The van der Waals surface area contributed by atoms with E-state index in [-0.39, 0.29) is 17.5 Å². The smallest absolute Gasteiger partial charge is 0.264 e. The number of carbonyl (C=O) groups is 1. The summed E-state index contributed by atoms with van der Waals surface area (Å²) in [6, 6.07) is 20.8. The van der Waals surface area contributed by atoms with Crippen LogP contribution in [0.25, 0.3) is 0 Å². The second-order valence-corrected chi connectivity index (χ2v) is 12.2. The molecule has 39 heavy (non-hydrogen) atoms. The molecule has 0 aromatic heterocycles. The SMILES string of the molecule is CCOc1ccc(N(CC(=O)N[C@@H]2CC(CC)(CC)Oc3ccccc32)S(=O)(=O)c2ccc(SC)cc2)cc1. The van der Waals surface area contributed by atoms with Crippen molar-refractivity contribution in [3.05, 3.63) is 78.4 Å². The summed E-state index contributed by atoms with van der Waals surface area (Å²) in [7, 11) is -4.04. The number of nitrogens with zero attached hydrogens (tertiary/aromatic N) is 1. The summed E-state index contributed by atoms with van der Waals surface area (Å²) in [5.41, 5.74) is 0.879. The molecule has 0 bridgehead atoms. The van der Waals surface area contributed by atoms with Crippen LogP contribution in [0.15, 0.2) is 82.6 Å². The molecule has 1 amide bonds. The lowest BCUT2D eigenvalue weighted by molar-refractivity contribution is -0.121. The predicted octanol–water partition coefficient (Wildman–Crippen LogP) is 6.20. The van der Waals surface area contributed by atoms with Crippen LogP contribution in [0, 0.1) is 0 Å². The molecular weight excluding hydrogens is 532 g/mol. The van der Waals surface area contributed by atoms with Crippen LogP contribution in [-0.4, -0.2) is 39.3 Å². The molecule has 3 aromatic carbocycles. The van der Waals surface area contributed by atoms with Gasteiger partial charge in [-0.3, -0.25) is 9.10 Å². The van der Waals surface area contributed by atoms with Crippen LogP contribution in [-0.2, 0) is 14.8 Å². The Labute approximate surface area is 236 Å². The fourth-order valence-electron chi connectivity index (χ4n) is 4.87. The number of carbonyl (C=O) groups excluding carboxylic acids is 1. The van der Waals surface area contributed by atoms with E-state index in [1.165, 1.54) is 11.8 Å². The summed E-state index contributed by atoms with van der Waals surface area (Å²) in [5, 5.41) is 3.12. The topological polar surface area (TPSA) is 84.9 Å². The molecule has 1 heterocycles. The highest BCUT2D eigenvalue weighted by atomic mass is 32.2. The standard InChI is InChI=1S/C30H36N2O5S2/c1-5-30(6-2)20-27(26-10-8-9-11-28(26)37-30)31-29(33)21-32(22-12-14-23(15-13-22)36-7-3)39(34,35)25-18-16-24(38-4)17-19-25/h8-19,27H,5-7,20-21H2,1-4H3,(H,31,33)/t27-/m1/s1. The van der Waals surface area contributed by atoms with Crippen LogP contribution in [0.5, 0.6) is 11.5 Å². The number of nitrogens with one attached hydrogen (secondary N) is 1. The molecule has 0 radical (unpaired) electrons. The number of ether oxygens (including phenoxy) is 2. The van der Waals surface area contributed by atoms with E-state index in [1.807, 2.05) is 37.4 Å². The average molecular weight is 569 g/mol. The van der Waals surface area contributed by atoms with Gasteiger partial charge < -0.3 is 14.8 Å². The van der Waals surface area contributed by atoms with Crippen LogP contribution in [0.1, 0.15) is 51.6 Å². The number of amides is 1. The monoisotopic (exact) mass is 568 g/mol. The molecule has 9 heteroatoms. The maximum absolute atomic E-state index is 13.9. The minimum atomic E-state index is -4.04. The molecule has 0 saturated carbocycles. The van der Waals surface area contributed by atoms with E-state index in [0.717, 1.165) is 33.4 Å². The van der Waals surface area contributed by atoms with E-state index in [0.29, 0.717) is 24.5 Å². The summed E-state index contributed by atoms with van der Waals surface area (Å²) in [6.45, 7) is 6.17. The zero-order valence-corrected chi connectivity index (χ0v) is 24.5. The van der Waals surface area contributed by atoms with Crippen molar-refractivity contribution in [2.45, 2.75) is 61.5 Å². The summed E-state index contributed by atoms with van der Waals surface area (Å²) in [6.07, 6.45) is 4.13. The quantitative estimate of drug-likeness (QED) is 0.277. The van der Waals surface area contributed by atoms with Gasteiger partial charge in [-0.25, -0.2) is 8.42 Å². The molecule has 1 aliphatic rings. The summed E-state index contributed by atoms with van der Waals surface area (Å²) >= 11 is 1.53. The molecule has 0 aliphatic carbocycles. The van der Waals surface area contributed by atoms with E-state index in [4.69, 9.17) is 9.47 Å². The summed E-state index contributed by atoms with van der Waals surface area (Å²) in [4.78, 5) is 14.6. The van der Waals surface area contributed by atoms with Gasteiger partial charge in [0.15, 0.2) is 0 Å². The van der Waals surface area contributed by atoms with Crippen molar-refractivity contribution < 1.29 is 22.7 Å². The Morgan fingerprint density at radius 2 is 1.69 bits per heavy atom. The van der Waals surface area contributed by atoms with Crippen LogP contribution in [0.4, 0.5) is 5.69 Å². The number of rotatable bonds is 11. The highest BCUT2D eigenvalue weighted by Gasteiger charge is 2.39. The number of hydrogen-bond donors (Lipinski definition) is 1. The van der Waals surface area contributed by atoms with Crippen molar-refractivity contribution in [2.75, 3.05) is 23.7 Å². The Hall–Kier alpha value is -3.17. The van der Waals surface area contributed by atoms with Gasteiger partial charge in [0.2, 0.25) is 5.91 Å². The fraction of sp³-hybridized carbons (Fsp3) is 0.367. The Kier molecular flexibility index (Phi) is 9.12. The van der Waals surface area contributed by atoms with Crippen LogP contribution >= 0.6 is 11.8 Å². The number of benzene rings is 3. The predicted molar refractivity (Wildman–Crippen MR) is 156 cm³/mol. The number of anilines is 1. The third-order valence-electron chi connectivity index (χ3n) is 7.19. The normalized spacial score (nSPS) is 16.1. The molecule has 7 nitrogen and oxygen atoms in total. The lowest BCUT2D eigenvalue weighted by Gasteiger charge is -2.41. The van der Waals surface area contributed by atoms with Gasteiger partial charge in [0.1, 0.15) is 23.6 Å². The first-order chi connectivity index (χ1) is 18.7. The van der Waals surface area contributed by atoms with E-state index in [2.05, 4.69) is 19.2 Å². The average Bonchev–Trinajstić information content (AvgIpc) is 2.96. The van der Waals surface area contributed by atoms with Crippen molar-refractivity contribution in [1.29, 1.82) is 0 Å². The van der Waals surface area contributed by atoms with E-state index >= 15 is 0 Å². The number of hydrogen-bond acceptors (Lipinski definition) is 6. The number of para-hydroxylation sites is 1. The van der Waals surface area contributed by atoms with Crippen molar-refractivity contribution in [3.63, 3.8) is 0 Å². The molecule has 3 aromatic rings. The van der Waals surface area contributed by atoms with E-state index in [1.54, 1.807) is 48.5 Å².